The second kappa shape index (κ2) is 6.96. The lowest BCUT2D eigenvalue weighted by Crippen LogP contribution is -2.40. The maximum absolute atomic E-state index is 12.9. The van der Waals surface area contributed by atoms with E-state index in [1.165, 1.54) is 12.4 Å². The maximum atomic E-state index is 12.9. The number of amides is 1. The Morgan fingerprint density at radius 1 is 1.30 bits per heavy atom. The number of aromatic nitrogens is 2. The average molecular weight is 382 g/mol. The minimum atomic E-state index is -1.01. The summed E-state index contributed by atoms with van der Waals surface area (Å²) in [4.78, 5) is 35.8. The summed E-state index contributed by atoms with van der Waals surface area (Å²) in [6.45, 7) is 2.48. The van der Waals surface area contributed by atoms with Crippen molar-refractivity contribution in [3.8, 4) is 0 Å². The molecule has 1 unspecified atom stereocenters. The molecule has 2 N–H and O–H groups in total. The van der Waals surface area contributed by atoms with Crippen molar-refractivity contribution < 1.29 is 14.7 Å². The summed E-state index contributed by atoms with van der Waals surface area (Å²) in [6.07, 6.45) is 3.14. The van der Waals surface area contributed by atoms with Crippen LogP contribution in [0, 0.1) is 6.92 Å². The van der Waals surface area contributed by atoms with Crippen LogP contribution in [0.1, 0.15) is 28.8 Å². The zero-order valence-electron chi connectivity index (χ0n) is 14.7. The number of nitrogens with one attached hydrogen (secondary N) is 1. The number of fused-ring (bicyclic) bond motifs is 1. The number of hydrogen-bond donors (Lipinski definition) is 2. The minimum absolute atomic E-state index is 0.158. The van der Waals surface area contributed by atoms with Crippen LogP contribution in [0.3, 0.4) is 0 Å². The van der Waals surface area contributed by atoms with E-state index in [1.54, 1.807) is 30.4 Å². The molecule has 0 aliphatic carbocycles. The number of aryl methyl sites for hydroxylation is 1. The molecule has 1 aliphatic rings. The third kappa shape index (κ3) is 3.23. The van der Waals surface area contributed by atoms with Crippen molar-refractivity contribution in [2.45, 2.75) is 25.8 Å². The number of nitrogens with zero attached hydrogens (tertiary/aromatic N) is 3. The van der Waals surface area contributed by atoms with Crippen LogP contribution >= 0.6 is 11.3 Å². The van der Waals surface area contributed by atoms with E-state index < -0.39 is 5.97 Å². The van der Waals surface area contributed by atoms with Crippen LogP contribution in [0.5, 0.6) is 0 Å². The second-order valence-corrected chi connectivity index (χ2v) is 7.41. The van der Waals surface area contributed by atoms with Crippen LogP contribution in [-0.4, -0.2) is 39.5 Å². The van der Waals surface area contributed by atoms with E-state index in [1.807, 2.05) is 16.3 Å². The van der Waals surface area contributed by atoms with Gasteiger partial charge in [0.25, 0.3) is 0 Å². The van der Waals surface area contributed by atoms with Crippen molar-refractivity contribution in [2.75, 3.05) is 16.8 Å². The number of rotatable bonds is 4. The van der Waals surface area contributed by atoms with Crippen molar-refractivity contribution in [1.29, 1.82) is 0 Å². The van der Waals surface area contributed by atoms with Crippen molar-refractivity contribution in [1.82, 2.24) is 9.97 Å². The first-order valence-electron chi connectivity index (χ1n) is 8.64. The number of carbonyl (C=O) groups is 2. The molecule has 1 atom stereocenters. The number of benzene rings is 1. The molecular weight excluding hydrogens is 364 g/mol. The zero-order chi connectivity index (χ0) is 19.0. The summed E-state index contributed by atoms with van der Waals surface area (Å²) in [6, 6.07) is 6.54. The first-order valence-corrected chi connectivity index (χ1v) is 9.52. The molecule has 0 bridgehead atoms. The first kappa shape index (κ1) is 17.4. The van der Waals surface area contributed by atoms with E-state index in [2.05, 4.69) is 15.3 Å². The third-order valence-electron chi connectivity index (χ3n) is 4.80. The van der Waals surface area contributed by atoms with Gasteiger partial charge in [-0.2, -0.15) is 0 Å². The lowest BCUT2D eigenvalue weighted by atomic mass is 10.1. The highest BCUT2D eigenvalue weighted by Gasteiger charge is 2.33. The molecule has 3 aromatic rings. The van der Waals surface area contributed by atoms with Gasteiger partial charge in [0.2, 0.25) is 5.91 Å². The molecule has 3 heterocycles. The predicted molar refractivity (Wildman–Crippen MR) is 105 cm³/mol. The molecule has 8 heteroatoms. The fourth-order valence-electron chi connectivity index (χ4n) is 3.45. The Bertz CT molecular complexity index is 1030. The SMILES string of the molecule is Cc1ccc(NC(=O)C2CCCN2c2ncnc3sccc23)cc1C(=O)O. The highest BCUT2D eigenvalue weighted by Crippen LogP contribution is 2.32. The number of aromatic carboxylic acids is 1. The summed E-state index contributed by atoms with van der Waals surface area (Å²) < 4.78 is 0. The van der Waals surface area contributed by atoms with E-state index >= 15 is 0 Å². The van der Waals surface area contributed by atoms with Gasteiger partial charge < -0.3 is 15.3 Å². The standard InChI is InChI=1S/C19H18N4O3S/c1-11-4-5-12(9-14(11)19(25)26)22-17(24)15-3-2-7-23(15)16-13-6-8-27-18(13)21-10-20-16/h4-6,8-10,15H,2-3,7H2,1H3,(H,22,24)(H,25,26). The van der Waals surface area contributed by atoms with Crippen LogP contribution in [0.4, 0.5) is 11.5 Å². The quantitative estimate of drug-likeness (QED) is 0.719. The Morgan fingerprint density at radius 2 is 2.15 bits per heavy atom. The van der Waals surface area contributed by atoms with Crippen LogP contribution in [0.25, 0.3) is 10.2 Å². The van der Waals surface area contributed by atoms with Crippen molar-refractivity contribution in [2.24, 2.45) is 0 Å². The smallest absolute Gasteiger partial charge is 0.336 e. The zero-order valence-corrected chi connectivity index (χ0v) is 15.5. The number of anilines is 2. The van der Waals surface area contributed by atoms with Gasteiger partial charge in [0.15, 0.2) is 0 Å². The van der Waals surface area contributed by atoms with E-state index in [0.29, 0.717) is 11.3 Å². The topological polar surface area (TPSA) is 95.4 Å². The maximum Gasteiger partial charge on any atom is 0.336 e. The number of carboxylic acid groups (broad SMARTS) is 1. The van der Waals surface area contributed by atoms with Gasteiger partial charge in [0.05, 0.1) is 10.9 Å². The van der Waals surface area contributed by atoms with Crippen LogP contribution in [-0.2, 0) is 4.79 Å². The molecule has 138 valence electrons. The largest absolute Gasteiger partial charge is 0.478 e. The molecule has 0 saturated carbocycles. The van der Waals surface area contributed by atoms with Crippen molar-refractivity contribution in [3.63, 3.8) is 0 Å². The van der Waals surface area contributed by atoms with Gasteiger partial charge in [0.1, 0.15) is 23.0 Å². The van der Waals surface area contributed by atoms with Gasteiger partial charge in [-0.05, 0) is 48.9 Å². The summed E-state index contributed by atoms with van der Waals surface area (Å²) in [7, 11) is 0. The number of carbonyl (C=O) groups excluding carboxylic acids is 1. The Hall–Kier alpha value is -3.00. The number of hydrogen-bond acceptors (Lipinski definition) is 6. The molecule has 0 radical (unpaired) electrons. The Labute approximate surface area is 159 Å². The fraction of sp³-hybridized carbons (Fsp3) is 0.263. The monoisotopic (exact) mass is 382 g/mol. The highest BCUT2D eigenvalue weighted by molar-refractivity contribution is 7.16. The van der Waals surface area contributed by atoms with E-state index in [0.717, 1.165) is 35.4 Å². The van der Waals surface area contributed by atoms with Gasteiger partial charge in [-0.25, -0.2) is 14.8 Å². The summed E-state index contributed by atoms with van der Waals surface area (Å²) in [5.41, 5.74) is 1.33. The lowest BCUT2D eigenvalue weighted by Gasteiger charge is -2.25. The van der Waals surface area contributed by atoms with Gasteiger partial charge in [-0.15, -0.1) is 11.3 Å². The normalized spacial score (nSPS) is 16.6. The van der Waals surface area contributed by atoms with Crippen molar-refractivity contribution in [3.05, 3.63) is 47.1 Å². The van der Waals surface area contributed by atoms with Gasteiger partial charge in [0, 0.05) is 12.2 Å². The molecule has 1 fully saturated rings. The van der Waals surface area contributed by atoms with E-state index in [9.17, 15) is 14.7 Å². The van der Waals surface area contributed by atoms with Gasteiger partial charge in [-0.1, -0.05) is 6.07 Å². The fourth-order valence-corrected chi connectivity index (χ4v) is 4.18. The minimum Gasteiger partial charge on any atom is -0.478 e. The predicted octanol–water partition coefficient (Wildman–Crippen LogP) is 3.31. The van der Waals surface area contributed by atoms with E-state index in [-0.39, 0.29) is 17.5 Å². The van der Waals surface area contributed by atoms with Crippen molar-refractivity contribution >= 4 is 44.9 Å². The van der Waals surface area contributed by atoms with Crippen LogP contribution in [0.2, 0.25) is 0 Å². The van der Waals surface area contributed by atoms with Gasteiger partial charge >= 0.3 is 5.97 Å². The second-order valence-electron chi connectivity index (χ2n) is 6.51. The average Bonchev–Trinajstić information content (AvgIpc) is 3.31. The van der Waals surface area contributed by atoms with Crippen LogP contribution < -0.4 is 10.2 Å². The Kier molecular flexibility index (Phi) is 4.49. The molecule has 0 spiro atoms. The summed E-state index contributed by atoms with van der Waals surface area (Å²) >= 11 is 1.54. The van der Waals surface area contributed by atoms with E-state index in [4.69, 9.17) is 0 Å². The van der Waals surface area contributed by atoms with Gasteiger partial charge in [-0.3, -0.25) is 4.79 Å². The molecular formula is C19H18N4O3S. The molecule has 27 heavy (non-hydrogen) atoms. The molecule has 7 nitrogen and oxygen atoms in total. The molecule has 4 rings (SSSR count). The third-order valence-corrected chi connectivity index (χ3v) is 5.62. The molecule has 1 saturated heterocycles. The Morgan fingerprint density at radius 3 is 2.96 bits per heavy atom. The number of thiophene rings is 1. The highest BCUT2D eigenvalue weighted by atomic mass is 32.1. The lowest BCUT2D eigenvalue weighted by molar-refractivity contribution is -0.117. The first-order chi connectivity index (χ1) is 13.0. The molecule has 1 aliphatic heterocycles. The molecule has 1 amide bonds. The Balaban J connectivity index is 1.59. The number of carboxylic acids is 1. The summed E-state index contributed by atoms with van der Waals surface area (Å²) in [5, 5.41) is 15.1. The molecule has 2 aromatic heterocycles. The molecule has 1 aromatic carbocycles. The van der Waals surface area contributed by atoms with Crippen LogP contribution in [0.15, 0.2) is 36.0 Å². The summed E-state index contributed by atoms with van der Waals surface area (Å²) in [5.74, 6) is -0.393.